The Bertz CT molecular complexity index is 653. The fourth-order valence-corrected chi connectivity index (χ4v) is 4.21. The zero-order valence-electron chi connectivity index (χ0n) is 11.6. The normalized spacial score (nSPS) is 10.5. The van der Waals surface area contributed by atoms with Gasteiger partial charge in [-0.15, -0.1) is 0 Å². The fraction of sp³-hybridized carbons (Fsp3) is 0.188. The molecule has 3 nitrogen and oxygen atoms in total. The Morgan fingerprint density at radius 2 is 1.57 bits per heavy atom. The number of ether oxygens (including phenoxy) is 1. The second-order valence-corrected chi connectivity index (χ2v) is 7.21. The highest BCUT2D eigenvalue weighted by Crippen LogP contribution is 2.33. The largest absolute Gasteiger partial charge is 0.481 e. The van der Waals surface area contributed by atoms with E-state index in [4.69, 9.17) is 9.84 Å². The summed E-state index contributed by atoms with van der Waals surface area (Å²) in [5, 5.41) is 8.88. The molecule has 0 saturated heterocycles. The molecule has 0 spiro atoms. The Morgan fingerprint density at radius 3 is 2.05 bits per heavy atom. The summed E-state index contributed by atoms with van der Waals surface area (Å²) in [5.41, 5.74) is 3.08. The number of aliphatic carboxylic acids is 1. The summed E-state index contributed by atoms with van der Waals surface area (Å²) in [6, 6.07) is 9.79. The number of hydrogen-bond donors (Lipinski definition) is 1. The van der Waals surface area contributed by atoms with E-state index >= 15 is 0 Å². The predicted molar refractivity (Wildman–Crippen MR) is 99.2 cm³/mol. The van der Waals surface area contributed by atoms with E-state index in [9.17, 15) is 4.79 Å². The molecule has 0 bridgehead atoms. The monoisotopic (exact) mass is 508 g/mol. The van der Waals surface area contributed by atoms with Gasteiger partial charge in [0, 0.05) is 0 Å². The van der Waals surface area contributed by atoms with Crippen LogP contribution in [0.4, 0.5) is 0 Å². The first kappa shape index (κ1) is 16.5. The maximum Gasteiger partial charge on any atom is 0.307 e. The Kier molecular flexibility index (Phi) is 5.48. The zero-order valence-corrected chi connectivity index (χ0v) is 15.9. The minimum atomic E-state index is -0.829. The van der Waals surface area contributed by atoms with E-state index in [-0.39, 0.29) is 6.42 Å². The molecule has 0 aliphatic carbocycles. The molecule has 0 atom stereocenters. The highest BCUT2D eigenvalue weighted by molar-refractivity contribution is 14.1. The predicted octanol–water partition coefficient (Wildman–Crippen LogP) is 4.93. The van der Waals surface area contributed by atoms with Crippen molar-refractivity contribution in [2.75, 3.05) is 0 Å². The molecule has 0 radical (unpaired) electrons. The first-order valence-electron chi connectivity index (χ1n) is 6.31. The second kappa shape index (κ2) is 6.95. The van der Waals surface area contributed by atoms with Crippen LogP contribution in [0, 0.1) is 21.0 Å². The number of carboxylic acids is 1. The van der Waals surface area contributed by atoms with Crippen molar-refractivity contribution in [1.82, 2.24) is 0 Å². The van der Waals surface area contributed by atoms with E-state index in [1.54, 1.807) is 0 Å². The van der Waals surface area contributed by atoms with E-state index < -0.39 is 5.97 Å². The van der Waals surface area contributed by atoms with Gasteiger partial charge < -0.3 is 9.84 Å². The molecule has 0 aliphatic rings. The molecule has 110 valence electrons. The van der Waals surface area contributed by atoms with Gasteiger partial charge in [-0.2, -0.15) is 0 Å². The van der Waals surface area contributed by atoms with Gasteiger partial charge in [0.2, 0.25) is 0 Å². The first-order valence-corrected chi connectivity index (χ1v) is 8.47. The minimum Gasteiger partial charge on any atom is -0.481 e. The van der Waals surface area contributed by atoms with Gasteiger partial charge in [0.1, 0.15) is 5.75 Å². The highest BCUT2D eigenvalue weighted by atomic mass is 127. The second-order valence-electron chi connectivity index (χ2n) is 4.88. The number of carbonyl (C=O) groups is 1. The Balaban J connectivity index is 2.34. The third kappa shape index (κ3) is 4.57. The van der Waals surface area contributed by atoms with Crippen molar-refractivity contribution >= 4 is 51.2 Å². The van der Waals surface area contributed by atoms with Crippen molar-refractivity contribution in [2.45, 2.75) is 20.3 Å². The van der Waals surface area contributed by atoms with E-state index in [0.29, 0.717) is 0 Å². The third-order valence-corrected chi connectivity index (χ3v) is 4.43. The molecule has 1 N–H and O–H groups in total. The number of hydrogen-bond acceptors (Lipinski definition) is 2. The molecule has 2 aromatic rings. The van der Waals surface area contributed by atoms with Crippen molar-refractivity contribution in [3.8, 4) is 11.5 Å². The van der Waals surface area contributed by atoms with Crippen molar-refractivity contribution < 1.29 is 14.6 Å². The van der Waals surface area contributed by atoms with Crippen LogP contribution in [0.5, 0.6) is 11.5 Å². The molecule has 2 aromatic carbocycles. The van der Waals surface area contributed by atoms with Gasteiger partial charge in [0.05, 0.1) is 13.6 Å². The summed E-state index contributed by atoms with van der Waals surface area (Å²) in [4.78, 5) is 10.8. The third-order valence-electron chi connectivity index (χ3n) is 2.83. The molecular weight excluding hydrogens is 494 g/mol. The van der Waals surface area contributed by atoms with Crippen LogP contribution in [0.2, 0.25) is 0 Å². The summed E-state index contributed by atoms with van der Waals surface area (Å²) >= 11 is 4.36. The van der Waals surface area contributed by atoms with Crippen LogP contribution in [-0.4, -0.2) is 11.1 Å². The average molecular weight is 508 g/mol. The summed E-state index contributed by atoms with van der Waals surface area (Å²) in [6.45, 7) is 4.07. The Labute approximate surface area is 151 Å². The van der Waals surface area contributed by atoms with Crippen molar-refractivity contribution in [2.24, 2.45) is 0 Å². The molecule has 0 aromatic heterocycles. The quantitative estimate of drug-likeness (QED) is 0.597. The lowest BCUT2D eigenvalue weighted by Crippen LogP contribution is -2.02. The Morgan fingerprint density at radius 1 is 1.05 bits per heavy atom. The summed E-state index contributed by atoms with van der Waals surface area (Å²) in [5.74, 6) is 0.745. The van der Waals surface area contributed by atoms with Crippen LogP contribution in [0.25, 0.3) is 0 Å². The number of aryl methyl sites for hydroxylation is 2. The number of carboxylic acid groups (broad SMARTS) is 1. The van der Waals surface area contributed by atoms with E-state index in [2.05, 4.69) is 51.2 Å². The standard InChI is InChI=1S/C16H14I2O3/c1-9-3-10(2)5-12(4-9)21-16-13(17)6-11(7-14(16)18)8-15(19)20/h3-7H,8H2,1-2H3,(H,19,20). The fourth-order valence-electron chi connectivity index (χ4n) is 2.10. The van der Waals surface area contributed by atoms with Crippen LogP contribution in [-0.2, 0) is 11.2 Å². The SMILES string of the molecule is Cc1cc(C)cc(Oc2c(I)cc(CC(=O)O)cc2I)c1. The van der Waals surface area contributed by atoms with E-state index in [1.807, 2.05) is 38.1 Å². The summed E-state index contributed by atoms with van der Waals surface area (Å²) in [6.07, 6.45) is 0.0236. The molecule has 2 rings (SSSR count). The molecule has 0 aliphatic heterocycles. The number of benzene rings is 2. The molecule has 0 heterocycles. The molecular formula is C16H14I2O3. The molecule has 0 fully saturated rings. The van der Waals surface area contributed by atoms with Gasteiger partial charge in [-0.05, 0) is 100.0 Å². The van der Waals surface area contributed by atoms with Crippen molar-refractivity contribution in [1.29, 1.82) is 0 Å². The van der Waals surface area contributed by atoms with Crippen LogP contribution in [0.3, 0.4) is 0 Å². The van der Waals surface area contributed by atoms with Gasteiger partial charge in [0.25, 0.3) is 0 Å². The van der Waals surface area contributed by atoms with E-state index in [1.165, 1.54) is 0 Å². The molecule has 0 saturated carbocycles. The van der Waals surface area contributed by atoms with Crippen molar-refractivity contribution in [3.63, 3.8) is 0 Å². The minimum absolute atomic E-state index is 0.0236. The lowest BCUT2D eigenvalue weighted by atomic mass is 10.1. The van der Waals surface area contributed by atoms with Gasteiger partial charge >= 0.3 is 5.97 Å². The van der Waals surface area contributed by atoms with E-state index in [0.717, 1.165) is 35.3 Å². The lowest BCUT2D eigenvalue weighted by Gasteiger charge is -2.12. The first-order chi connectivity index (χ1) is 9.85. The van der Waals surface area contributed by atoms with Gasteiger partial charge in [-0.1, -0.05) is 6.07 Å². The van der Waals surface area contributed by atoms with Crippen LogP contribution < -0.4 is 4.74 Å². The van der Waals surface area contributed by atoms with Gasteiger partial charge in [0.15, 0.2) is 5.75 Å². The van der Waals surface area contributed by atoms with Gasteiger partial charge in [-0.25, -0.2) is 0 Å². The van der Waals surface area contributed by atoms with Crippen LogP contribution >= 0.6 is 45.2 Å². The topological polar surface area (TPSA) is 46.5 Å². The Hall–Kier alpha value is -0.830. The summed E-state index contributed by atoms with van der Waals surface area (Å²) in [7, 11) is 0. The summed E-state index contributed by atoms with van der Waals surface area (Å²) < 4.78 is 7.82. The lowest BCUT2D eigenvalue weighted by molar-refractivity contribution is -0.136. The number of rotatable bonds is 4. The number of halogens is 2. The van der Waals surface area contributed by atoms with Crippen LogP contribution in [0.15, 0.2) is 30.3 Å². The molecule has 5 heteroatoms. The smallest absolute Gasteiger partial charge is 0.307 e. The van der Waals surface area contributed by atoms with Crippen molar-refractivity contribution in [3.05, 3.63) is 54.2 Å². The average Bonchev–Trinajstić information content (AvgIpc) is 2.31. The maximum absolute atomic E-state index is 10.8. The van der Waals surface area contributed by atoms with Gasteiger partial charge in [-0.3, -0.25) is 4.79 Å². The molecule has 0 amide bonds. The highest BCUT2D eigenvalue weighted by Gasteiger charge is 2.12. The molecule has 21 heavy (non-hydrogen) atoms. The zero-order chi connectivity index (χ0) is 15.6. The van der Waals surface area contributed by atoms with Crippen LogP contribution in [0.1, 0.15) is 16.7 Å². The molecule has 0 unspecified atom stereocenters. The maximum atomic E-state index is 10.8.